The fourth-order valence-corrected chi connectivity index (χ4v) is 1.74. The molecule has 0 fully saturated rings. The van der Waals surface area contributed by atoms with E-state index < -0.39 is 0 Å². The molecule has 0 saturated carbocycles. The van der Waals surface area contributed by atoms with Gasteiger partial charge in [0, 0.05) is 11.4 Å². The van der Waals surface area contributed by atoms with Gasteiger partial charge in [0.15, 0.2) is 0 Å². The first kappa shape index (κ1) is 15.8. The molecule has 0 spiro atoms. The SMILES string of the molecule is C=C(Nc1ccccc1C)c1ccc(OC)cc1.CC. The van der Waals surface area contributed by atoms with Crippen molar-refractivity contribution >= 4 is 11.4 Å². The zero-order chi connectivity index (χ0) is 15.0. The lowest BCUT2D eigenvalue weighted by atomic mass is 10.1. The molecule has 0 unspecified atom stereocenters. The Balaban J connectivity index is 0.000000956. The number of benzene rings is 2. The summed E-state index contributed by atoms with van der Waals surface area (Å²) in [5.74, 6) is 0.849. The third-order valence-electron chi connectivity index (χ3n) is 2.87. The minimum atomic E-state index is 0.849. The topological polar surface area (TPSA) is 21.3 Å². The summed E-state index contributed by atoms with van der Waals surface area (Å²) >= 11 is 0. The van der Waals surface area contributed by atoms with Crippen LogP contribution in [0.3, 0.4) is 0 Å². The van der Waals surface area contributed by atoms with Crippen LogP contribution in [0.15, 0.2) is 55.1 Å². The molecule has 2 nitrogen and oxygen atoms in total. The van der Waals surface area contributed by atoms with Crippen LogP contribution in [0, 0.1) is 6.92 Å². The third-order valence-corrected chi connectivity index (χ3v) is 2.87. The molecule has 106 valence electrons. The Morgan fingerprint density at radius 2 is 1.60 bits per heavy atom. The van der Waals surface area contributed by atoms with Crippen LogP contribution in [-0.2, 0) is 0 Å². The summed E-state index contributed by atoms with van der Waals surface area (Å²) in [5, 5.41) is 3.33. The summed E-state index contributed by atoms with van der Waals surface area (Å²) in [6.07, 6.45) is 0. The smallest absolute Gasteiger partial charge is 0.118 e. The molecule has 0 aliphatic carbocycles. The highest BCUT2D eigenvalue weighted by molar-refractivity contribution is 5.76. The molecule has 0 bridgehead atoms. The largest absolute Gasteiger partial charge is 0.497 e. The Kier molecular flexibility index (Phi) is 6.38. The molecule has 0 aliphatic heterocycles. The number of methoxy groups -OCH3 is 1. The van der Waals surface area contributed by atoms with E-state index in [-0.39, 0.29) is 0 Å². The van der Waals surface area contributed by atoms with Crippen molar-refractivity contribution in [3.63, 3.8) is 0 Å². The Hall–Kier alpha value is -2.22. The second-order valence-electron chi connectivity index (χ2n) is 4.15. The molecule has 2 heteroatoms. The second kappa shape index (κ2) is 8.05. The molecule has 0 saturated heterocycles. The van der Waals surface area contributed by atoms with Crippen LogP contribution < -0.4 is 10.1 Å². The molecule has 0 radical (unpaired) electrons. The molecule has 0 amide bonds. The van der Waals surface area contributed by atoms with Crippen LogP contribution in [0.2, 0.25) is 0 Å². The van der Waals surface area contributed by atoms with Crippen LogP contribution >= 0.6 is 0 Å². The van der Waals surface area contributed by atoms with Crippen molar-refractivity contribution in [1.29, 1.82) is 0 Å². The van der Waals surface area contributed by atoms with E-state index in [1.54, 1.807) is 7.11 Å². The number of nitrogens with one attached hydrogen (secondary N) is 1. The molecule has 0 heterocycles. The first-order valence-electron chi connectivity index (χ1n) is 6.86. The van der Waals surface area contributed by atoms with Crippen LogP contribution in [0.5, 0.6) is 5.75 Å². The summed E-state index contributed by atoms with van der Waals surface area (Å²) in [5.41, 5.74) is 4.22. The third kappa shape index (κ3) is 4.16. The van der Waals surface area contributed by atoms with Crippen molar-refractivity contribution in [3.05, 3.63) is 66.2 Å². The fraction of sp³-hybridized carbons (Fsp3) is 0.222. The average Bonchev–Trinajstić information content (AvgIpc) is 2.51. The molecule has 1 N–H and O–H groups in total. The lowest BCUT2D eigenvalue weighted by Gasteiger charge is -2.12. The van der Waals surface area contributed by atoms with Gasteiger partial charge in [-0.2, -0.15) is 0 Å². The highest BCUT2D eigenvalue weighted by Gasteiger charge is 2.01. The van der Waals surface area contributed by atoms with Gasteiger partial charge in [0.25, 0.3) is 0 Å². The van der Waals surface area contributed by atoms with E-state index in [1.165, 1.54) is 5.56 Å². The molecule has 0 aliphatic rings. The van der Waals surface area contributed by atoms with E-state index in [1.807, 2.05) is 56.3 Å². The zero-order valence-electron chi connectivity index (χ0n) is 12.7. The fourth-order valence-electron chi connectivity index (χ4n) is 1.74. The van der Waals surface area contributed by atoms with E-state index in [4.69, 9.17) is 4.74 Å². The van der Waals surface area contributed by atoms with Gasteiger partial charge in [-0.25, -0.2) is 0 Å². The maximum atomic E-state index is 5.14. The number of aryl methyl sites for hydroxylation is 1. The molecule has 2 rings (SSSR count). The molecular formula is C18H23NO. The number of anilines is 1. The van der Waals surface area contributed by atoms with Gasteiger partial charge in [-0.15, -0.1) is 0 Å². The number of rotatable bonds is 4. The standard InChI is InChI=1S/C16H17NO.C2H6/c1-12-6-4-5-7-16(12)17-13(2)14-8-10-15(18-3)11-9-14;1-2/h4-11,17H,2H2,1,3H3;1-2H3. The van der Waals surface area contributed by atoms with Crippen molar-refractivity contribution in [2.75, 3.05) is 12.4 Å². The molecule has 0 aromatic heterocycles. The maximum absolute atomic E-state index is 5.14. The molecule has 20 heavy (non-hydrogen) atoms. The van der Waals surface area contributed by atoms with E-state index in [0.717, 1.165) is 22.7 Å². The lowest BCUT2D eigenvalue weighted by molar-refractivity contribution is 0.415. The van der Waals surface area contributed by atoms with E-state index in [2.05, 4.69) is 24.9 Å². The first-order valence-corrected chi connectivity index (χ1v) is 6.86. The minimum Gasteiger partial charge on any atom is -0.497 e. The van der Waals surface area contributed by atoms with Crippen molar-refractivity contribution in [2.45, 2.75) is 20.8 Å². The van der Waals surface area contributed by atoms with Gasteiger partial charge in [-0.1, -0.05) is 38.6 Å². The first-order chi connectivity index (χ1) is 9.70. The Morgan fingerprint density at radius 1 is 1.00 bits per heavy atom. The van der Waals surface area contributed by atoms with E-state index in [9.17, 15) is 0 Å². The predicted octanol–water partition coefficient (Wildman–Crippen LogP) is 5.11. The van der Waals surface area contributed by atoms with Gasteiger partial charge in [0.05, 0.1) is 7.11 Å². The van der Waals surface area contributed by atoms with Crippen LogP contribution in [0.25, 0.3) is 5.70 Å². The number of hydrogen-bond acceptors (Lipinski definition) is 2. The van der Waals surface area contributed by atoms with Gasteiger partial charge in [-0.3, -0.25) is 0 Å². The maximum Gasteiger partial charge on any atom is 0.118 e. The van der Waals surface area contributed by atoms with Gasteiger partial charge in [-0.05, 0) is 48.4 Å². The summed E-state index contributed by atoms with van der Waals surface area (Å²) in [7, 11) is 1.66. The molecule has 2 aromatic carbocycles. The monoisotopic (exact) mass is 269 g/mol. The zero-order valence-corrected chi connectivity index (χ0v) is 12.7. The minimum absolute atomic E-state index is 0.849. The summed E-state index contributed by atoms with van der Waals surface area (Å²) in [6, 6.07) is 16.0. The highest BCUT2D eigenvalue weighted by atomic mass is 16.5. The summed E-state index contributed by atoms with van der Waals surface area (Å²) in [4.78, 5) is 0. The highest BCUT2D eigenvalue weighted by Crippen LogP contribution is 2.21. The molecular weight excluding hydrogens is 246 g/mol. The van der Waals surface area contributed by atoms with Gasteiger partial charge in [0.2, 0.25) is 0 Å². The number of ether oxygens (including phenoxy) is 1. The van der Waals surface area contributed by atoms with Crippen molar-refractivity contribution in [1.82, 2.24) is 0 Å². The van der Waals surface area contributed by atoms with Crippen LogP contribution in [0.1, 0.15) is 25.0 Å². The average molecular weight is 269 g/mol. The van der Waals surface area contributed by atoms with Crippen molar-refractivity contribution in [3.8, 4) is 5.75 Å². The normalized spacial score (nSPS) is 9.20. The quantitative estimate of drug-likeness (QED) is 0.832. The number of hydrogen-bond donors (Lipinski definition) is 1. The van der Waals surface area contributed by atoms with E-state index in [0.29, 0.717) is 0 Å². The predicted molar refractivity (Wildman–Crippen MR) is 88.2 cm³/mol. The van der Waals surface area contributed by atoms with Gasteiger partial charge >= 0.3 is 0 Å². The summed E-state index contributed by atoms with van der Waals surface area (Å²) < 4.78 is 5.14. The van der Waals surface area contributed by atoms with Gasteiger partial charge < -0.3 is 10.1 Å². The Bertz CT molecular complexity index is 544. The van der Waals surface area contributed by atoms with E-state index >= 15 is 0 Å². The molecule has 0 atom stereocenters. The van der Waals surface area contributed by atoms with Crippen LogP contribution in [0.4, 0.5) is 5.69 Å². The van der Waals surface area contributed by atoms with Crippen molar-refractivity contribution < 1.29 is 4.74 Å². The number of para-hydroxylation sites is 1. The molecule has 2 aromatic rings. The van der Waals surface area contributed by atoms with Crippen molar-refractivity contribution in [2.24, 2.45) is 0 Å². The Morgan fingerprint density at radius 3 is 2.15 bits per heavy atom. The second-order valence-corrected chi connectivity index (χ2v) is 4.15. The Labute approximate surface area is 122 Å². The van der Waals surface area contributed by atoms with Crippen LogP contribution in [-0.4, -0.2) is 7.11 Å². The van der Waals surface area contributed by atoms with Gasteiger partial charge in [0.1, 0.15) is 5.75 Å². The summed E-state index contributed by atoms with van der Waals surface area (Å²) in [6.45, 7) is 10.1. The lowest BCUT2D eigenvalue weighted by Crippen LogP contribution is -1.98.